The van der Waals surface area contributed by atoms with Gasteiger partial charge in [0.25, 0.3) is 0 Å². The summed E-state index contributed by atoms with van der Waals surface area (Å²) in [6, 6.07) is 5.53. The second kappa shape index (κ2) is 6.68. The van der Waals surface area contributed by atoms with E-state index in [1.807, 2.05) is 29.8 Å². The van der Waals surface area contributed by atoms with Crippen molar-refractivity contribution in [3.63, 3.8) is 0 Å². The first kappa shape index (κ1) is 14.2. The van der Waals surface area contributed by atoms with Gasteiger partial charge in [0.05, 0.1) is 12.7 Å². The molecule has 0 saturated carbocycles. The van der Waals surface area contributed by atoms with Crippen LogP contribution in [0, 0.1) is 0 Å². The molecule has 0 aliphatic heterocycles. The molecular formula is C7H9BF4N4. The summed E-state index contributed by atoms with van der Waals surface area (Å²) in [5.41, 5.74) is 8.18. The average molecular weight is 236 g/mol. The molecule has 0 atom stereocenters. The molecule has 0 saturated heterocycles. The van der Waals surface area contributed by atoms with Crippen molar-refractivity contribution in [2.45, 2.75) is 13.5 Å². The van der Waals surface area contributed by atoms with Gasteiger partial charge < -0.3 is 17.3 Å². The van der Waals surface area contributed by atoms with Crippen LogP contribution in [0.1, 0.15) is 6.92 Å². The fraction of sp³-hybridized carbons (Fsp3) is 0.286. The summed E-state index contributed by atoms with van der Waals surface area (Å²) in [6.45, 7) is 2.81. The molecule has 0 amide bonds. The lowest BCUT2D eigenvalue weighted by Gasteiger charge is -1.98. The quantitative estimate of drug-likeness (QED) is 0.189. The summed E-state index contributed by atoms with van der Waals surface area (Å²) in [4.78, 5) is 2.72. The molecule has 1 heterocycles. The molecule has 0 radical (unpaired) electrons. The van der Waals surface area contributed by atoms with Crippen LogP contribution in [-0.2, 0) is 6.54 Å². The normalized spacial score (nSPS) is 9.81. The van der Waals surface area contributed by atoms with E-state index in [1.165, 1.54) is 0 Å². The molecule has 0 spiro atoms. The Labute approximate surface area is 89.2 Å². The van der Waals surface area contributed by atoms with Gasteiger partial charge in [0.1, 0.15) is 0 Å². The lowest BCUT2D eigenvalue weighted by Crippen LogP contribution is -2.31. The van der Waals surface area contributed by atoms with E-state index in [-0.39, 0.29) is 0 Å². The summed E-state index contributed by atoms with van der Waals surface area (Å²) in [5, 5.41) is 3.52. The molecule has 0 N–H and O–H groups in total. The molecule has 1 aromatic rings. The zero-order valence-corrected chi connectivity index (χ0v) is 8.39. The second-order valence-electron chi connectivity index (χ2n) is 2.53. The molecule has 4 nitrogen and oxygen atoms in total. The summed E-state index contributed by atoms with van der Waals surface area (Å²) in [5.74, 6) is 0.650. The maximum atomic E-state index is 9.75. The highest BCUT2D eigenvalue weighted by molar-refractivity contribution is 6.50. The third-order valence-corrected chi connectivity index (χ3v) is 1.40. The minimum atomic E-state index is -6.00. The van der Waals surface area contributed by atoms with E-state index in [4.69, 9.17) is 5.53 Å². The summed E-state index contributed by atoms with van der Waals surface area (Å²) in [7, 11) is -6.00. The Morgan fingerprint density at radius 1 is 1.38 bits per heavy atom. The van der Waals surface area contributed by atoms with Crippen LogP contribution in [0.15, 0.2) is 29.5 Å². The second-order valence-corrected chi connectivity index (χ2v) is 2.53. The van der Waals surface area contributed by atoms with Gasteiger partial charge in [0, 0.05) is 4.91 Å². The summed E-state index contributed by atoms with van der Waals surface area (Å²) < 4.78 is 40.9. The first-order chi connectivity index (χ1) is 7.38. The lowest BCUT2D eigenvalue weighted by atomic mass is 10.3. The van der Waals surface area contributed by atoms with Gasteiger partial charge >= 0.3 is 7.25 Å². The number of aromatic nitrogens is 1. The highest BCUT2D eigenvalue weighted by atomic mass is 19.5. The van der Waals surface area contributed by atoms with E-state index in [1.54, 1.807) is 6.07 Å². The van der Waals surface area contributed by atoms with Crippen LogP contribution in [0.25, 0.3) is 10.4 Å². The predicted octanol–water partition coefficient (Wildman–Crippen LogP) is 3.24. The molecule has 16 heavy (non-hydrogen) atoms. The number of nitrogens with zero attached hydrogens (tertiary/aromatic N) is 4. The number of pyridine rings is 1. The van der Waals surface area contributed by atoms with E-state index in [2.05, 4.69) is 10.0 Å². The predicted molar refractivity (Wildman–Crippen MR) is 51.3 cm³/mol. The van der Waals surface area contributed by atoms with Crippen LogP contribution >= 0.6 is 0 Å². The molecule has 1 aromatic heterocycles. The lowest BCUT2D eigenvalue weighted by molar-refractivity contribution is -0.680. The van der Waals surface area contributed by atoms with Crippen molar-refractivity contribution >= 4 is 13.1 Å². The Bertz CT molecular complexity index is 369. The maximum absolute atomic E-state index is 9.75. The SMILES string of the molecule is CC[n+]1ccccc1N=[N+]=[N-].F[B-](F)(F)F. The molecule has 0 aliphatic rings. The number of hydrogen-bond acceptors (Lipinski definition) is 1. The van der Waals surface area contributed by atoms with Crippen molar-refractivity contribution in [1.82, 2.24) is 0 Å². The van der Waals surface area contributed by atoms with Crippen LogP contribution in [0.5, 0.6) is 0 Å². The number of hydrogen-bond donors (Lipinski definition) is 0. The number of halogens is 4. The maximum Gasteiger partial charge on any atom is 0.673 e. The topological polar surface area (TPSA) is 52.6 Å². The highest BCUT2D eigenvalue weighted by Crippen LogP contribution is 2.06. The van der Waals surface area contributed by atoms with Crippen LogP contribution in [0.2, 0.25) is 0 Å². The van der Waals surface area contributed by atoms with Crippen LogP contribution in [0.3, 0.4) is 0 Å². The number of aryl methyl sites for hydroxylation is 1. The number of rotatable bonds is 2. The minimum absolute atomic E-state index is 0.650. The highest BCUT2D eigenvalue weighted by Gasteiger charge is 2.20. The van der Waals surface area contributed by atoms with Gasteiger partial charge in [-0.25, -0.2) is 0 Å². The average Bonchev–Trinajstić information content (AvgIpc) is 2.16. The Balaban J connectivity index is 0.000000385. The van der Waals surface area contributed by atoms with Crippen LogP contribution in [0.4, 0.5) is 23.1 Å². The molecular weight excluding hydrogens is 227 g/mol. The van der Waals surface area contributed by atoms with E-state index >= 15 is 0 Å². The van der Waals surface area contributed by atoms with E-state index in [9.17, 15) is 17.3 Å². The zero-order chi connectivity index (χ0) is 12.6. The van der Waals surface area contributed by atoms with Crippen LogP contribution < -0.4 is 4.57 Å². The van der Waals surface area contributed by atoms with Gasteiger partial charge in [-0.15, -0.1) is 0 Å². The Morgan fingerprint density at radius 2 is 1.94 bits per heavy atom. The Kier molecular flexibility index (Phi) is 5.95. The Morgan fingerprint density at radius 3 is 2.38 bits per heavy atom. The molecule has 88 valence electrons. The molecule has 0 aliphatic carbocycles. The molecule has 9 heteroatoms. The van der Waals surface area contributed by atoms with E-state index in [0.29, 0.717) is 5.82 Å². The molecule has 0 aromatic carbocycles. The Hall–Kier alpha value is -1.76. The van der Waals surface area contributed by atoms with Gasteiger partial charge in [0.15, 0.2) is 5.82 Å². The first-order valence-electron chi connectivity index (χ1n) is 4.29. The fourth-order valence-electron chi connectivity index (χ4n) is 0.871. The van der Waals surface area contributed by atoms with E-state index < -0.39 is 7.25 Å². The van der Waals surface area contributed by atoms with E-state index in [0.717, 1.165) is 6.54 Å². The summed E-state index contributed by atoms with van der Waals surface area (Å²) >= 11 is 0. The van der Waals surface area contributed by atoms with Crippen LogP contribution in [-0.4, -0.2) is 7.25 Å². The van der Waals surface area contributed by atoms with Crippen molar-refractivity contribution < 1.29 is 21.8 Å². The van der Waals surface area contributed by atoms with Gasteiger partial charge in [-0.3, -0.25) is 4.57 Å². The fourth-order valence-corrected chi connectivity index (χ4v) is 0.871. The van der Waals surface area contributed by atoms with Crippen molar-refractivity contribution in [2.24, 2.45) is 5.11 Å². The smallest absolute Gasteiger partial charge is 0.418 e. The van der Waals surface area contributed by atoms with Gasteiger partial charge in [-0.05, 0) is 29.7 Å². The van der Waals surface area contributed by atoms with Crippen molar-refractivity contribution in [2.75, 3.05) is 0 Å². The van der Waals surface area contributed by atoms with Crippen molar-refractivity contribution in [3.05, 3.63) is 34.8 Å². The van der Waals surface area contributed by atoms with Gasteiger partial charge in [-0.1, -0.05) is 6.07 Å². The molecule has 0 unspecified atom stereocenters. The monoisotopic (exact) mass is 236 g/mol. The van der Waals surface area contributed by atoms with Crippen molar-refractivity contribution in [1.29, 1.82) is 0 Å². The van der Waals surface area contributed by atoms with Gasteiger partial charge in [0.2, 0.25) is 0 Å². The third kappa shape index (κ3) is 7.63. The third-order valence-electron chi connectivity index (χ3n) is 1.40. The largest absolute Gasteiger partial charge is 0.673 e. The molecule has 1 rings (SSSR count). The number of azide groups is 1. The summed E-state index contributed by atoms with van der Waals surface area (Å²) in [6.07, 6.45) is 1.88. The zero-order valence-electron chi connectivity index (χ0n) is 8.39. The van der Waals surface area contributed by atoms with Crippen molar-refractivity contribution in [3.8, 4) is 0 Å². The molecule has 0 fully saturated rings. The standard InChI is InChI=1S/C7H9N4.BF4/c1-2-11-6-4-3-5-7(11)9-10-8;2-1(3,4)5/h3-6H,2H2,1H3;/q+1;-1. The first-order valence-corrected chi connectivity index (χ1v) is 4.29. The minimum Gasteiger partial charge on any atom is -0.418 e. The van der Waals surface area contributed by atoms with Gasteiger partial charge in [-0.2, -0.15) is 0 Å². The molecule has 0 bridgehead atoms.